The Balaban J connectivity index is 2.07. The van der Waals surface area contributed by atoms with Crippen molar-refractivity contribution in [2.45, 2.75) is 25.8 Å². The average molecular weight is 346 g/mol. The fourth-order valence-electron chi connectivity index (χ4n) is 2.60. The summed E-state index contributed by atoms with van der Waals surface area (Å²) in [5.41, 5.74) is 1.05. The minimum Gasteiger partial charge on any atom is -0.461 e. The van der Waals surface area contributed by atoms with Crippen LogP contribution < -0.4 is 10.3 Å². The molecule has 25 heavy (non-hydrogen) atoms. The second kappa shape index (κ2) is 9.17. The average Bonchev–Trinajstić information content (AvgIpc) is 3.05. The number of esters is 1. The van der Waals surface area contributed by atoms with Gasteiger partial charge in [0.05, 0.1) is 12.3 Å². The van der Waals surface area contributed by atoms with Gasteiger partial charge in [0.25, 0.3) is 0 Å². The molecule has 1 amide bonds. The lowest BCUT2D eigenvalue weighted by molar-refractivity contribution is -0.135. The normalized spacial score (nSPS) is 16.7. The molecular formula is C18H26N4O3. The molecule has 1 aromatic carbocycles. The van der Waals surface area contributed by atoms with Gasteiger partial charge >= 0.3 is 5.97 Å². The zero-order valence-electron chi connectivity index (χ0n) is 15.1. The van der Waals surface area contributed by atoms with Crippen LogP contribution in [0, 0.1) is 0 Å². The van der Waals surface area contributed by atoms with Crippen molar-refractivity contribution in [3.63, 3.8) is 0 Å². The lowest BCUT2D eigenvalue weighted by Gasteiger charge is -2.22. The molecule has 0 saturated carbocycles. The highest BCUT2D eigenvalue weighted by Crippen LogP contribution is 2.25. The quantitative estimate of drug-likeness (QED) is 0.566. The molecule has 136 valence electrons. The van der Waals surface area contributed by atoms with Gasteiger partial charge in [-0.1, -0.05) is 18.2 Å². The minimum absolute atomic E-state index is 0.134. The summed E-state index contributed by atoms with van der Waals surface area (Å²) in [7, 11) is 3.99. The zero-order valence-corrected chi connectivity index (χ0v) is 15.1. The fraction of sp³-hybridized carbons (Fsp3) is 0.500. The van der Waals surface area contributed by atoms with Crippen LogP contribution in [0.2, 0.25) is 0 Å². The van der Waals surface area contributed by atoms with E-state index in [1.807, 2.05) is 44.4 Å². The summed E-state index contributed by atoms with van der Waals surface area (Å²) in [6.07, 6.45) is 1.11. The van der Waals surface area contributed by atoms with Crippen molar-refractivity contribution in [2.75, 3.05) is 38.8 Å². The third-order valence-electron chi connectivity index (χ3n) is 3.83. The molecule has 0 radical (unpaired) electrons. The van der Waals surface area contributed by atoms with Crippen molar-refractivity contribution in [1.29, 1.82) is 0 Å². The fourth-order valence-corrected chi connectivity index (χ4v) is 2.60. The van der Waals surface area contributed by atoms with E-state index in [-0.39, 0.29) is 24.6 Å². The molecular weight excluding hydrogens is 320 g/mol. The Morgan fingerprint density at radius 1 is 1.32 bits per heavy atom. The van der Waals surface area contributed by atoms with Crippen molar-refractivity contribution < 1.29 is 14.3 Å². The molecule has 1 aliphatic rings. The Bertz CT molecular complexity index is 616. The molecule has 1 heterocycles. The van der Waals surface area contributed by atoms with E-state index in [4.69, 9.17) is 4.74 Å². The molecule has 1 aromatic rings. The highest BCUT2D eigenvalue weighted by molar-refractivity contribution is 6.38. The van der Waals surface area contributed by atoms with Gasteiger partial charge in [-0.2, -0.15) is 5.10 Å². The molecule has 1 unspecified atom stereocenters. The van der Waals surface area contributed by atoms with E-state index in [9.17, 15) is 9.59 Å². The number of hydrazone groups is 1. The summed E-state index contributed by atoms with van der Waals surface area (Å²) < 4.78 is 5.03. The summed E-state index contributed by atoms with van der Waals surface area (Å²) in [6.45, 7) is 3.52. The summed E-state index contributed by atoms with van der Waals surface area (Å²) in [4.78, 5) is 26.7. The third kappa shape index (κ3) is 5.29. The van der Waals surface area contributed by atoms with Gasteiger partial charge in [-0.15, -0.1) is 0 Å². The van der Waals surface area contributed by atoms with Gasteiger partial charge in [0, 0.05) is 13.0 Å². The Kier molecular flexibility index (Phi) is 6.94. The van der Waals surface area contributed by atoms with Gasteiger partial charge in [-0.05, 0) is 46.1 Å². The van der Waals surface area contributed by atoms with Crippen molar-refractivity contribution in [1.82, 2.24) is 10.2 Å². The number of amides is 1. The van der Waals surface area contributed by atoms with E-state index < -0.39 is 12.0 Å². The number of para-hydroxylation sites is 1. The second-order valence-electron chi connectivity index (χ2n) is 6.12. The van der Waals surface area contributed by atoms with Crippen LogP contribution in [0.15, 0.2) is 35.4 Å². The number of carbonyl (C=O) groups excluding carboxylic acids is 2. The molecule has 7 heteroatoms. The Labute approximate surface area is 148 Å². The maximum atomic E-state index is 12.6. The number of rotatable bonds is 8. The molecule has 0 saturated heterocycles. The first-order valence-electron chi connectivity index (χ1n) is 8.54. The van der Waals surface area contributed by atoms with Gasteiger partial charge < -0.3 is 15.0 Å². The van der Waals surface area contributed by atoms with Crippen LogP contribution in [0.4, 0.5) is 5.69 Å². The van der Waals surface area contributed by atoms with Crippen molar-refractivity contribution in [3.05, 3.63) is 30.3 Å². The van der Waals surface area contributed by atoms with Gasteiger partial charge in [0.2, 0.25) is 5.91 Å². The van der Waals surface area contributed by atoms with Crippen LogP contribution in [-0.4, -0.2) is 62.3 Å². The standard InChI is InChI=1S/C18H26N4O3/c1-4-25-18(24)15-13-16(17(23)19-11-8-12-21(2)3)22(20-15)14-9-6-5-7-10-14/h5-7,9-10,16H,4,8,11-13H2,1-3H3,(H,19,23). The molecule has 0 spiro atoms. The van der Waals surface area contributed by atoms with Crippen molar-refractivity contribution >= 4 is 23.3 Å². The summed E-state index contributed by atoms with van der Waals surface area (Å²) in [5, 5.41) is 8.89. The first-order valence-corrected chi connectivity index (χ1v) is 8.54. The smallest absolute Gasteiger partial charge is 0.354 e. The maximum absolute atomic E-state index is 12.6. The lowest BCUT2D eigenvalue weighted by Crippen LogP contribution is -2.43. The molecule has 7 nitrogen and oxygen atoms in total. The number of anilines is 1. The van der Waals surface area contributed by atoms with E-state index in [0.717, 1.165) is 18.7 Å². The van der Waals surface area contributed by atoms with Gasteiger partial charge in [0.15, 0.2) is 0 Å². The number of hydrogen-bond donors (Lipinski definition) is 1. The summed E-state index contributed by atoms with van der Waals surface area (Å²) in [5.74, 6) is -0.600. The minimum atomic E-state index is -0.541. The Morgan fingerprint density at radius 2 is 2.04 bits per heavy atom. The molecule has 0 aliphatic carbocycles. The van der Waals surface area contributed by atoms with Crippen LogP contribution in [0.5, 0.6) is 0 Å². The SMILES string of the molecule is CCOC(=O)C1=NN(c2ccccc2)C(C(=O)NCCCN(C)C)C1. The summed E-state index contributed by atoms with van der Waals surface area (Å²) in [6, 6.07) is 8.83. The van der Waals surface area contributed by atoms with Crippen LogP contribution in [0.3, 0.4) is 0 Å². The van der Waals surface area contributed by atoms with E-state index in [1.54, 1.807) is 11.9 Å². The monoisotopic (exact) mass is 346 g/mol. The number of ether oxygens (including phenoxy) is 1. The number of carbonyl (C=O) groups is 2. The maximum Gasteiger partial charge on any atom is 0.354 e. The Morgan fingerprint density at radius 3 is 2.68 bits per heavy atom. The molecule has 1 atom stereocenters. The molecule has 0 fully saturated rings. The van der Waals surface area contributed by atoms with E-state index >= 15 is 0 Å². The lowest BCUT2D eigenvalue weighted by atomic mass is 10.1. The Hall–Kier alpha value is -2.41. The van der Waals surface area contributed by atoms with Crippen molar-refractivity contribution in [3.8, 4) is 0 Å². The molecule has 1 aliphatic heterocycles. The van der Waals surface area contributed by atoms with Crippen molar-refractivity contribution in [2.24, 2.45) is 5.10 Å². The predicted molar refractivity (Wildman–Crippen MR) is 97.6 cm³/mol. The molecule has 2 rings (SSSR count). The zero-order chi connectivity index (χ0) is 18.2. The van der Waals surface area contributed by atoms with E-state index in [2.05, 4.69) is 15.3 Å². The van der Waals surface area contributed by atoms with Gasteiger partial charge in [-0.3, -0.25) is 9.80 Å². The topological polar surface area (TPSA) is 74.2 Å². The predicted octanol–water partition coefficient (Wildman–Crippen LogP) is 1.25. The van der Waals surface area contributed by atoms with Gasteiger partial charge in [-0.25, -0.2) is 4.79 Å². The van der Waals surface area contributed by atoms with Gasteiger partial charge in [0.1, 0.15) is 11.8 Å². The van der Waals surface area contributed by atoms with Crippen LogP contribution >= 0.6 is 0 Å². The molecule has 0 bridgehead atoms. The van der Waals surface area contributed by atoms with Crippen LogP contribution in [-0.2, 0) is 14.3 Å². The number of hydrogen-bond acceptors (Lipinski definition) is 6. The number of nitrogens with zero attached hydrogens (tertiary/aromatic N) is 3. The third-order valence-corrected chi connectivity index (χ3v) is 3.83. The van der Waals surface area contributed by atoms with E-state index in [1.165, 1.54) is 0 Å². The van der Waals surface area contributed by atoms with E-state index in [0.29, 0.717) is 6.54 Å². The highest BCUT2D eigenvalue weighted by atomic mass is 16.5. The van der Waals surface area contributed by atoms with Crippen LogP contribution in [0.1, 0.15) is 19.8 Å². The molecule has 1 N–H and O–H groups in total. The highest BCUT2D eigenvalue weighted by Gasteiger charge is 2.36. The second-order valence-corrected chi connectivity index (χ2v) is 6.12. The largest absolute Gasteiger partial charge is 0.461 e. The molecule has 0 aromatic heterocycles. The first kappa shape index (κ1) is 18.9. The van der Waals surface area contributed by atoms with Crippen LogP contribution in [0.25, 0.3) is 0 Å². The first-order chi connectivity index (χ1) is 12.0. The number of benzene rings is 1. The summed E-state index contributed by atoms with van der Waals surface area (Å²) >= 11 is 0. The number of nitrogens with one attached hydrogen (secondary N) is 1.